The fraction of sp³-hybridized carbons (Fsp3) is 0.105. The first kappa shape index (κ1) is 17.3. The number of aliphatic hydroxyl groups is 1. The van der Waals surface area contributed by atoms with Crippen LogP contribution in [0.15, 0.2) is 60.0 Å². The topological polar surface area (TPSA) is 49.3 Å². The summed E-state index contributed by atoms with van der Waals surface area (Å²) in [4.78, 5) is 13.0. The minimum Gasteiger partial charge on any atom is -0.387 e. The number of carbonyl (C=O) groups is 1. The summed E-state index contributed by atoms with van der Waals surface area (Å²) in [5.74, 6) is -2.77. The Kier molecular flexibility index (Phi) is 5.21. The van der Waals surface area contributed by atoms with Crippen molar-refractivity contribution in [1.29, 1.82) is 0 Å². The van der Waals surface area contributed by atoms with E-state index < -0.39 is 29.2 Å². The zero-order chi connectivity index (χ0) is 17.8. The Morgan fingerprint density at radius 3 is 2.32 bits per heavy atom. The number of hydrogen-bond donors (Lipinski definition) is 2. The van der Waals surface area contributed by atoms with Crippen LogP contribution in [-0.4, -0.2) is 17.6 Å². The average molecular weight is 359 g/mol. The van der Waals surface area contributed by atoms with Crippen molar-refractivity contribution in [3.8, 4) is 10.4 Å². The molecule has 3 aromatic rings. The van der Waals surface area contributed by atoms with Crippen molar-refractivity contribution in [1.82, 2.24) is 5.32 Å². The molecule has 1 atom stereocenters. The summed E-state index contributed by atoms with van der Waals surface area (Å²) in [6.07, 6.45) is -0.976. The van der Waals surface area contributed by atoms with Gasteiger partial charge in [-0.2, -0.15) is 0 Å². The van der Waals surface area contributed by atoms with Crippen LogP contribution in [0.25, 0.3) is 10.4 Å². The van der Waals surface area contributed by atoms with E-state index in [-0.39, 0.29) is 6.54 Å². The molecule has 0 aliphatic heterocycles. The first-order chi connectivity index (χ1) is 12.1. The molecule has 0 bridgehead atoms. The highest BCUT2D eigenvalue weighted by Gasteiger charge is 2.18. The van der Waals surface area contributed by atoms with Crippen molar-refractivity contribution in [3.05, 3.63) is 82.7 Å². The first-order valence-corrected chi connectivity index (χ1v) is 8.48. The first-order valence-electron chi connectivity index (χ1n) is 7.60. The van der Waals surface area contributed by atoms with Crippen LogP contribution < -0.4 is 5.32 Å². The van der Waals surface area contributed by atoms with Gasteiger partial charge in [0.1, 0.15) is 17.2 Å². The zero-order valence-corrected chi connectivity index (χ0v) is 13.9. The molecule has 0 saturated heterocycles. The minimum atomic E-state index is -0.976. The van der Waals surface area contributed by atoms with E-state index in [2.05, 4.69) is 5.32 Å². The maximum absolute atomic E-state index is 13.6. The SMILES string of the molecule is O=C(NCC(O)c1ccc(-c2cccs2)cc1)c1c(F)cccc1F. The van der Waals surface area contributed by atoms with Crippen molar-refractivity contribution in [3.63, 3.8) is 0 Å². The maximum atomic E-state index is 13.6. The average Bonchev–Trinajstić information content (AvgIpc) is 3.14. The van der Waals surface area contributed by atoms with Crippen LogP contribution in [0.5, 0.6) is 0 Å². The molecule has 0 aliphatic rings. The standard InChI is InChI=1S/C19H15F2NO2S/c20-14-3-1-4-15(21)18(14)19(24)22-11-16(23)12-6-8-13(9-7-12)17-5-2-10-25-17/h1-10,16,23H,11H2,(H,22,24). The Labute approximate surface area is 147 Å². The third-order valence-electron chi connectivity index (χ3n) is 3.75. The van der Waals surface area contributed by atoms with Crippen LogP contribution in [0.3, 0.4) is 0 Å². The Hall–Kier alpha value is -2.57. The fourth-order valence-corrected chi connectivity index (χ4v) is 3.16. The second-order valence-corrected chi connectivity index (χ2v) is 6.37. The maximum Gasteiger partial charge on any atom is 0.257 e. The van der Waals surface area contributed by atoms with E-state index in [1.54, 1.807) is 23.5 Å². The number of aliphatic hydroxyl groups excluding tert-OH is 1. The van der Waals surface area contributed by atoms with Crippen molar-refractivity contribution < 1.29 is 18.7 Å². The minimum absolute atomic E-state index is 0.148. The molecule has 0 spiro atoms. The van der Waals surface area contributed by atoms with Crippen molar-refractivity contribution >= 4 is 17.2 Å². The van der Waals surface area contributed by atoms with Gasteiger partial charge in [0, 0.05) is 11.4 Å². The molecule has 25 heavy (non-hydrogen) atoms. The van der Waals surface area contributed by atoms with Crippen LogP contribution in [0, 0.1) is 11.6 Å². The quantitative estimate of drug-likeness (QED) is 0.719. The van der Waals surface area contributed by atoms with Gasteiger partial charge in [0.05, 0.1) is 6.10 Å². The Morgan fingerprint density at radius 1 is 1.04 bits per heavy atom. The lowest BCUT2D eigenvalue weighted by Gasteiger charge is -2.13. The van der Waals surface area contributed by atoms with Gasteiger partial charge < -0.3 is 10.4 Å². The van der Waals surface area contributed by atoms with Gasteiger partial charge in [0.25, 0.3) is 5.91 Å². The second kappa shape index (κ2) is 7.55. The van der Waals surface area contributed by atoms with E-state index in [1.807, 2.05) is 29.6 Å². The lowest BCUT2D eigenvalue weighted by atomic mass is 10.1. The predicted molar refractivity (Wildman–Crippen MR) is 93.4 cm³/mol. The molecule has 128 valence electrons. The number of rotatable bonds is 5. The van der Waals surface area contributed by atoms with Crippen molar-refractivity contribution in [2.24, 2.45) is 0 Å². The molecule has 1 amide bonds. The molecular formula is C19H15F2NO2S. The van der Waals surface area contributed by atoms with E-state index in [4.69, 9.17) is 0 Å². The Bertz CT molecular complexity index is 843. The van der Waals surface area contributed by atoms with E-state index >= 15 is 0 Å². The van der Waals surface area contributed by atoms with Gasteiger partial charge >= 0.3 is 0 Å². The monoisotopic (exact) mass is 359 g/mol. The molecule has 0 aliphatic carbocycles. The van der Waals surface area contributed by atoms with Crippen molar-refractivity contribution in [2.45, 2.75) is 6.10 Å². The largest absolute Gasteiger partial charge is 0.387 e. The summed E-state index contributed by atoms with van der Waals surface area (Å²) in [6, 6.07) is 14.4. The Morgan fingerprint density at radius 2 is 1.72 bits per heavy atom. The van der Waals surface area contributed by atoms with Crippen molar-refractivity contribution in [2.75, 3.05) is 6.54 Å². The third-order valence-corrected chi connectivity index (χ3v) is 4.67. The number of thiophene rings is 1. The number of carbonyl (C=O) groups excluding carboxylic acids is 1. The Balaban J connectivity index is 1.64. The van der Waals surface area contributed by atoms with Crippen LogP contribution in [0.2, 0.25) is 0 Å². The summed E-state index contributed by atoms with van der Waals surface area (Å²) >= 11 is 1.61. The van der Waals surface area contributed by atoms with Gasteiger partial charge in [0.15, 0.2) is 0 Å². The van der Waals surface area contributed by atoms with E-state index in [0.29, 0.717) is 5.56 Å². The molecule has 3 nitrogen and oxygen atoms in total. The summed E-state index contributed by atoms with van der Waals surface area (Å²) in [6.45, 7) is -0.148. The van der Waals surface area contributed by atoms with Crippen LogP contribution >= 0.6 is 11.3 Å². The molecule has 1 unspecified atom stereocenters. The second-order valence-electron chi connectivity index (χ2n) is 5.42. The number of hydrogen-bond acceptors (Lipinski definition) is 3. The van der Waals surface area contributed by atoms with E-state index in [9.17, 15) is 18.7 Å². The van der Waals surface area contributed by atoms with Crippen LogP contribution in [-0.2, 0) is 0 Å². The molecule has 3 rings (SSSR count). The van der Waals surface area contributed by atoms with Crippen LogP contribution in [0.1, 0.15) is 22.0 Å². The molecule has 0 saturated carbocycles. The molecular weight excluding hydrogens is 344 g/mol. The number of amides is 1. The van der Waals surface area contributed by atoms with Gasteiger partial charge in [-0.1, -0.05) is 36.4 Å². The zero-order valence-electron chi connectivity index (χ0n) is 13.1. The molecule has 2 aromatic carbocycles. The molecule has 6 heteroatoms. The molecule has 1 heterocycles. The lowest BCUT2D eigenvalue weighted by molar-refractivity contribution is 0.0908. The number of benzene rings is 2. The van der Waals surface area contributed by atoms with Gasteiger partial charge in [-0.05, 0) is 34.7 Å². The summed E-state index contributed by atoms with van der Waals surface area (Å²) < 4.78 is 27.1. The summed E-state index contributed by atoms with van der Waals surface area (Å²) in [7, 11) is 0. The van der Waals surface area contributed by atoms with Gasteiger partial charge in [-0.3, -0.25) is 4.79 Å². The molecule has 2 N–H and O–H groups in total. The number of halogens is 2. The van der Waals surface area contributed by atoms with Gasteiger partial charge in [0.2, 0.25) is 0 Å². The molecule has 0 radical (unpaired) electrons. The number of nitrogens with one attached hydrogen (secondary N) is 1. The molecule has 0 fully saturated rings. The smallest absolute Gasteiger partial charge is 0.257 e. The lowest BCUT2D eigenvalue weighted by Crippen LogP contribution is -2.29. The highest BCUT2D eigenvalue weighted by Crippen LogP contribution is 2.26. The van der Waals surface area contributed by atoms with E-state index in [1.165, 1.54) is 6.07 Å². The van der Waals surface area contributed by atoms with Gasteiger partial charge in [-0.15, -0.1) is 11.3 Å². The fourth-order valence-electron chi connectivity index (χ4n) is 2.42. The normalized spacial score (nSPS) is 12.0. The highest BCUT2D eigenvalue weighted by atomic mass is 32.1. The summed E-state index contributed by atoms with van der Waals surface area (Å²) in [5.41, 5.74) is 0.987. The van der Waals surface area contributed by atoms with Crippen LogP contribution in [0.4, 0.5) is 8.78 Å². The predicted octanol–water partition coefficient (Wildman–Crippen LogP) is 4.16. The highest BCUT2D eigenvalue weighted by molar-refractivity contribution is 7.13. The summed E-state index contributed by atoms with van der Waals surface area (Å²) in [5, 5.41) is 14.5. The molecule has 1 aromatic heterocycles. The van der Waals surface area contributed by atoms with E-state index in [0.717, 1.165) is 22.6 Å². The third kappa shape index (κ3) is 3.92. The van der Waals surface area contributed by atoms with Gasteiger partial charge in [-0.25, -0.2) is 8.78 Å².